The van der Waals surface area contributed by atoms with Crippen LogP contribution in [-0.2, 0) is 20.9 Å². The summed E-state index contributed by atoms with van der Waals surface area (Å²) in [5, 5.41) is 0. The number of hydrogen-bond donors (Lipinski definition) is 0. The van der Waals surface area contributed by atoms with Crippen LogP contribution in [0.25, 0.3) is 0 Å². The highest BCUT2D eigenvalue weighted by Gasteiger charge is 2.39. The lowest BCUT2D eigenvalue weighted by atomic mass is 9.92. The van der Waals surface area contributed by atoms with Crippen molar-refractivity contribution < 1.29 is 19.1 Å². The van der Waals surface area contributed by atoms with Crippen molar-refractivity contribution in [2.24, 2.45) is 5.92 Å². The van der Waals surface area contributed by atoms with Gasteiger partial charge < -0.3 is 19.3 Å². The van der Waals surface area contributed by atoms with Crippen LogP contribution >= 0.6 is 0 Å². The Labute approximate surface area is 142 Å². The number of carbonyl (C=O) groups excluding carboxylic acids is 2. The number of likely N-dealkylation sites (tertiary alicyclic amines) is 1. The minimum absolute atomic E-state index is 0.0452. The molecule has 1 aromatic rings. The second kappa shape index (κ2) is 7.21. The van der Waals surface area contributed by atoms with E-state index in [2.05, 4.69) is 0 Å². The molecule has 2 heterocycles. The zero-order valence-corrected chi connectivity index (χ0v) is 14.2. The van der Waals surface area contributed by atoms with Crippen molar-refractivity contribution in [3.05, 3.63) is 29.8 Å². The first-order chi connectivity index (χ1) is 11.6. The number of ether oxygens (including phenoxy) is 2. The summed E-state index contributed by atoms with van der Waals surface area (Å²) in [4.78, 5) is 28.1. The van der Waals surface area contributed by atoms with Crippen molar-refractivity contribution in [3.63, 3.8) is 0 Å². The first-order valence-corrected chi connectivity index (χ1v) is 8.37. The molecule has 0 radical (unpaired) electrons. The molecule has 2 aliphatic rings. The molecule has 24 heavy (non-hydrogen) atoms. The Morgan fingerprint density at radius 2 is 2.04 bits per heavy atom. The summed E-state index contributed by atoms with van der Waals surface area (Å²) in [6.45, 7) is 4.37. The number of carbonyl (C=O) groups is 2. The van der Waals surface area contributed by atoms with E-state index in [0.717, 1.165) is 11.3 Å². The summed E-state index contributed by atoms with van der Waals surface area (Å²) in [5.41, 5.74) is 1.07. The summed E-state index contributed by atoms with van der Waals surface area (Å²) in [6, 6.07) is 7.77. The van der Waals surface area contributed by atoms with Crippen molar-refractivity contribution in [1.82, 2.24) is 9.80 Å². The molecule has 2 aliphatic heterocycles. The van der Waals surface area contributed by atoms with Crippen LogP contribution in [0.5, 0.6) is 5.75 Å². The highest BCUT2D eigenvalue weighted by atomic mass is 16.5. The van der Waals surface area contributed by atoms with Crippen molar-refractivity contribution in [2.45, 2.75) is 26.0 Å². The van der Waals surface area contributed by atoms with Gasteiger partial charge in [-0.05, 0) is 24.1 Å². The maximum absolute atomic E-state index is 12.9. The van der Waals surface area contributed by atoms with Gasteiger partial charge in [0.15, 0.2) is 0 Å². The summed E-state index contributed by atoms with van der Waals surface area (Å²) >= 11 is 0. The number of piperidine rings is 1. The number of hydrogen-bond acceptors (Lipinski definition) is 4. The second-order valence-electron chi connectivity index (χ2n) is 6.38. The molecule has 6 heteroatoms. The van der Waals surface area contributed by atoms with E-state index in [1.165, 1.54) is 0 Å². The molecule has 6 nitrogen and oxygen atoms in total. The molecule has 0 spiro atoms. The van der Waals surface area contributed by atoms with Gasteiger partial charge in [-0.15, -0.1) is 0 Å². The molecular formula is C18H24N2O4. The summed E-state index contributed by atoms with van der Waals surface area (Å²) < 4.78 is 11.1. The molecule has 3 rings (SSSR count). The molecule has 0 unspecified atom stereocenters. The number of rotatable bonds is 3. The minimum Gasteiger partial charge on any atom is -0.497 e. The van der Waals surface area contributed by atoms with E-state index < -0.39 is 0 Å². The van der Waals surface area contributed by atoms with Crippen LogP contribution in [0.1, 0.15) is 18.9 Å². The van der Waals surface area contributed by atoms with Gasteiger partial charge in [0.05, 0.1) is 25.7 Å². The minimum atomic E-state index is -0.184. The lowest BCUT2D eigenvalue weighted by Gasteiger charge is -2.36. The lowest BCUT2D eigenvalue weighted by molar-refractivity contribution is -0.144. The molecule has 130 valence electrons. The standard InChI is InChI=1S/C18H24N2O4/c1-13(21)19-8-7-16-17(12-19)24-10-9-20(18(16)22)11-14-3-5-15(23-2)6-4-14/h3-6,16-17H,7-12H2,1-2H3/t16-,17+/m1/s1. The van der Waals surface area contributed by atoms with Crippen LogP contribution < -0.4 is 4.74 Å². The van der Waals surface area contributed by atoms with Crippen LogP contribution in [0.2, 0.25) is 0 Å². The molecule has 2 amide bonds. The van der Waals surface area contributed by atoms with Crippen LogP contribution in [0.15, 0.2) is 24.3 Å². The van der Waals surface area contributed by atoms with Gasteiger partial charge in [-0.2, -0.15) is 0 Å². The van der Waals surface area contributed by atoms with Gasteiger partial charge in [0.25, 0.3) is 0 Å². The van der Waals surface area contributed by atoms with Crippen LogP contribution in [0, 0.1) is 5.92 Å². The SMILES string of the molecule is COc1ccc(CN2CCO[C@H]3CN(C(C)=O)CC[C@H]3C2=O)cc1. The van der Waals surface area contributed by atoms with E-state index in [1.807, 2.05) is 29.2 Å². The first kappa shape index (κ1) is 16.8. The molecule has 0 aliphatic carbocycles. The first-order valence-electron chi connectivity index (χ1n) is 8.37. The fourth-order valence-electron chi connectivity index (χ4n) is 3.42. The maximum Gasteiger partial charge on any atom is 0.228 e. The van der Waals surface area contributed by atoms with Crippen molar-refractivity contribution in [3.8, 4) is 5.75 Å². The van der Waals surface area contributed by atoms with Crippen LogP contribution in [0.3, 0.4) is 0 Å². The fourth-order valence-corrected chi connectivity index (χ4v) is 3.42. The van der Waals surface area contributed by atoms with E-state index in [9.17, 15) is 9.59 Å². The van der Waals surface area contributed by atoms with Crippen molar-refractivity contribution in [2.75, 3.05) is 33.4 Å². The maximum atomic E-state index is 12.9. The molecule has 0 N–H and O–H groups in total. The van der Waals surface area contributed by atoms with Gasteiger partial charge in [0.1, 0.15) is 5.75 Å². The molecule has 2 saturated heterocycles. The third kappa shape index (κ3) is 3.53. The van der Waals surface area contributed by atoms with E-state index in [4.69, 9.17) is 9.47 Å². The number of nitrogens with zero attached hydrogens (tertiary/aromatic N) is 2. The Morgan fingerprint density at radius 3 is 2.71 bits per heavy atom. The molecular weight excluding hydrogens is 308 g/mol. The van der Waals surface area contributed by atoms with Crippen LogP contribution in [-0.4, -0.2) is 61.1 Å². The summed E-state index contributed by atoms with van der Waals surface area (Å²) in [7, 11) is 1.64. The fraction of sp³-hybridized carbons (Fsp3) is 0.556. The Kier molecular flexibility index (Phi) is 5.04. The van der Waals surface area contributed by atoms with Gasteiger partial charge >= 0.3 is 0 Å². The predicted molar refractivity (Wildman–Crippen MR) is 88.5 cm³/mol. The Morgan fingerprint density at radius 1 is 1.29 bits per heavy atom. The average molecular weight is 332 g/mol. The number of methoxy groups -OCH3 is 1. The van der Waals surface area contributed by atoms with E-state index in [1.54, 1.807) is 18.9 Å². The number of fused-ring (bicyclic) bond motifs is 1. The van der Waals surface area contributed by atoms with E-state index >= 15 is 0 Å². The highest BCUT2D eigenvalue weighted by molar-refractivity contribution is 5.80. The van der Waals surface area contributed by atoms with E-state index in [-0.39, 0.29) is 23.8 Å². The predicted octanol–water partition coefficient (Wildman–Crippen LogP) is 1.29. The molecule has 1 aromatic carbocycles. The Hall–Kier alpha value is -2.08. The monoisotopic (exact) mass is 332 g/mol. The third-order valence-electron chi connectivity index (χ3n) is 4.86. The van der Waals surface area contributed by atoms with Gasteiger partial charge in [0.2, 0.25) is 11.8 Å². The Balaban J connectivity index is 1.68. The smallest absolute Gasteiger partial charge is 0.228 e. The van der Waals surface area contributed by atoms with Crippen LogP contribution in [0.4, 0.5) is 0 Å². The zero-order chi connectivity index (χ0) is 17.1. The topological polar surface area (TPSA) is 59.1 Å². The quantitative estimate of drug-likeness (QED) is 0.837. The van der Waals surface area contributed by atoms with Gasteiger partial charge in [0, 0.05) is 33.1 Å². The van der Waals surface area contributed by atoms with Crippen molar-refractivity contribution >= 4 is 11.8 Å². The summed E-state index contributed by atoms with van der Waals surface area (Å²) in [5.74, 6) is 0.836. The highest BCUT2D eigenvalue weighted by Crippen LogP contribution is 2.26. The number of benzene rings is 1. The van der Waals surface area contributed by atoms with Gasteiger partial charge in [-0.3, -0.25) is 9.59 Å². The molecule has 0 saturated carbocycles. The largest absolute Gasteiger partial charge is 0.497 e. The lowest BCUT2D eigenvalue weighted by Crippen LogP contribution is -2.50. The molecule has 2 atom stereocenters. The molecule has 2 fully saturated rings. The average Bonchev–Trinajstić information content (AvgIpc) is 2.75. The normalized spacial score (nSPS) is 24.3. The molecule has 0 bridgehead atoms. The molecule has 0 aromatic heterocycles. The third-order valence-corrected chi connectivity index (χ3v) is 4.86. The zero-order valence-electron chi connectivity index (χ0n) is 14.2. The van der Waals surface area contributed by atoms with Gasteiger partial charge in [-0.25, -0.2) is 0 Å². The van der Waals surface area contributed by atoms with E-state index in [0.29, 0.717) is 39.2 Å². The second-order valence-corrected chi connectivity index (χ2v) is 6.38. The number of amides is 2. The Bertz CT molecular complexity index is 602. The van der Waals surface area contributed by atoms with Gasteiger partial charge in [-0.1, -0.05) is 12.1 Å². The summed E-state index contributed by atoms with van der Waals surface area (Å²) in [6.07, 6.45) is 0.485. The van der Waals surface area contributed by atoms with Crippen molar-refractivity contribution in [1.29, 1.82) is 0 Å².